The van der Waals surface area contributed by atoms with Gasteiger partial charge < -0.3 is 20.6 Å². The average molecular weight is 467 g/mol. The van der Waals surface area contributed by atoms with Gasteiger partial charge in [0.05, 0.1) is 12.3 Å². The largest absolute Gasteiger partial charge is 0.395 e. The van der Waals surface area contributed by atoms with Crippen molar-refractivity contribution in [3.63, 3.8) is 0 Å². The SMILES string of the molecule is CN1CCc2c(c(-c3cc(F)c(F)cc3F)nn2C(=O)NC(C(=O)NCCO)C(C)(C)C)C1. The summed E-state index contributed by atoms with van der Waals surface area (Å²) in [6.45, 7) is 6.02. The molecule has 2 amide bonds. The van der Waals surface area contributed by atoms with Gasteiger partial charge >= 0.3 is 6.03 Å². The van der Waals surface area contributed by atoms with Crippen molar-refractivity contribution in [3.05, 3.63) is 40.8 Å². The molecule has 33 heavy (non-hydrogen) atoms. The van der Waals surface area contributed by atoms with E-state index in [4.69, 9.17) is 5.11 Å². The number of aliphatic hydroxyl groups is 1. The van der Waals surface area contributed by atoms with Crippen molar-refractivity contribution in [2.75, 3.05) is 26.7 Å². The first-order valence-electron chi connectivity index (χ1n) is 10.6. The predicted octanol–water partition coefficient (Wildman–Crippen LogP) is 2.04. The molecule has 2 aromatic rings. The van der Waals surface area contributed by atoms with Gasteiger partial charge in [0.25, 0.3) is 0 Å². The summed E-state index contributed by atoms with van der Waals surface area (Å²) in [6, 6.07) is -0.482. The van der Waals surface area contributed by atoms with Crippen LogP contribution in [0.2, 0.25) is 0 Å². The number of fused-ring (bicyclic) bond motifs is 1. The predicted molar refractivity (Wildman–Crippen MR) is 115 cm³/mol. The number of benzene rings is 1. The molecule has 1 aliphatic heterocycles. The van der Waals surface area contributed by atoms with E-state index >= 15 is 0 Å². The van der Waals surface area contributed by atoms with E-state index in [9.17, 15) is 22.8 Å². The molecule has 0 saturated carbocycles. The van der Waals surface area contributed by atoms with Crippen LogP contribution in [0.4, 0.5) is 18.0 Å². The van der Waals surface area contributed by atoms with E-state index < -0.39 is 40.8 Å². The molecule has 1 atom stereocenters. The maximum atomic E-state index is 14.5. The molecule has 3 N–H and O–H groups in total. The molecule has 0 bridgehead atoms. The van der Waals surface area contributed by atoms with E-state index in [1.807, 2.05) is 11.9 Å². The van der Waals surface area contributed by atoms with Crippen LogP contribution in [0.15, 0.2) is 12.1 Å². The van der Waals surface area contributed by atoms with Crippen LogP contribution in [0.3, 0.4) is 0 Å². The van der Waals surface area contributed by atoms with Gasteiger partial charge in [-0.05, 0) is 18.5 Å². The van der Waals surface area contributed by atoms with Gasteiger partial charge in [-0.25, -0.2) is 18.0 Å². The Morgan fingerprint density at radius 1 is 1.18 bits per heavy atom. The van der Waals surface area contributed by atoms with Gasteiger partial charge in [0.1, 0.15) is 17.6 Å². The molecule has 0 aliphatic carbocycles. The quantitative estimate of drug-likeness (QED) is 0.585. The Morgan fingerprint density at radius 2 is 1.85 bits per heavy atom. The summed E-state index contributed by atoms with van der Waals surface area (Å²) in [5, 5.41) is 18.5. The van der Waals surface area contributed by atoms with Gasteiger partial charge in [-0.15, -0.1) is 0 Å². The number of amides is 2. The number of halogens is 3. The highest BCUT2D eigenvalue weighted by Crippen LogP contribution is 2.32. The fourth-order valence-electron chi connectivity index (χ4n) is 3.78. The van der Waals surface area contributed by atoms with E-state index in [0.29, 0.717) is 36.8 Å². The van der Waals surface area contributed by atoms with Gasteiger partial charge in [-0.1, -0.05) is 20.8 Å². The minimum absolute atomic E-state index is 0.0321. The molecular weight excluding hydrogens is 439 g/mol. The number of hydrogen-bond acceptors (Lipinski definition) is 5. The van der Waals surface area contributed by atoms with Crippen LogP contribution in [-0.4, -0.2) is 64.5 Å². The molecule has 0 radical (unpaired) electrons. The number of hydrogen-bond donors (Lipinski definition) is 3. The molecule has 180 valence electrons. The summed E-state index contributed by atoms with van der Waals surface area (Å²) >= 11 is 0. The van der Waals surface area contributed by atoms with Crippen LogP contribution in [0.1, 0.15) is 32.0 Å². The first-order chi connectivity index (χ1) is 15.4. The smallest absolute Gasteiger partial charge is 0.343 e. The minimum Gasteiger partial charge on any atom is -0.395 e. The fraction of sp³-hybridized carbons (Fsp3) is 0.500. The van der Waals surface area contributed by atoms with Crippen molar-refractivity contribution < 1.29 is 27.9 Å². The van der Waals surface area contributed by atoms with E-state index in [1.54, 1.807) is 20.8 Å². The van der Waals surface area contributed by atoms with Crippen molar-refractivity contribution in [1.82, 2.24) is 25.3 Å². The van der Waals surface area contributed by atoms with Crippen LogP contribution in [0, 0.1) is 22.9 Å². The average Bonchev–Trinajstić information content (AvgIpc) is 3.10. The van der Waals surface area contributed by atoms with Crippen LogP contribution >= 0.6 is 0 Å². The molecule has 0 fully saturated rings. The Balaban J connectivity index is 2.03. The first kappa shape index (κ1) is 24.7. The Morgan fingerprint density at radius 3 is 2.48 bits per heavy atom. The summed E-state index contributed by atoms with van der Waals surface area (Å²) in [5.41, 5.74) is 0.159. The lowest BCUT2D eigenvalue weighted by atomic mass is 9.86. The van der Waals surface area contributed by atoms with E-state index in [2.05, 4.69) is 15.7 Å². The lowest BCUT2D eigenvalue weighted by Gasteiger charge is -2.30. The molecule has 1 aromatic heterocycles. The van der Waals surface area contributed by atoms with E-state index in [-0.39, 0.29) is 24.4 Å². The van der Waals surface area contributed by atoms with Crippen molar-refractivity contribution in [3.8, 4) is 11.3 Å². The molecule has 8 nitrogen and oxygen atoms in total. The molecule has 11 heteroatoms. The maximum Gasteiger partial charge on any atom is 0.343 e. The van der Waals surface area contributed by atoms with Crippen LogP contribution in [0.25, 0.3) is 11.3 Å². The molecule has 0 saturated heterocycles. The van der Waals surface area contributed by atoms with Gasteiger partial charge in [0, 0.05) is 43.2 Å². The summed E-state index contributed by atoms with van der Waals surface area (Å²) in [4.78, 5) is 27.7. The molecule has 1 aliphatic rings. The molecule has 2 heterocycles. The Labute approximate surface area is 189 Å². The number of nitrogens with zero attached hydrogens (tertiary/aromatic N) is 3. The molecule has 1 aromatic carbocycles. The zero-order chi connectivity index (χ0) is 24.5. The standard InChI is InChI=1S/C22H28F3N5O3/c1-22(2,3)19(20(32)26-6-8-31)27-21(33)30-17-5-7-29(4)11-13(17)18(28-30)12-9-15(24)16(25)10-14(12)23/h9-10,19,31H,5-8,11H2,1-4H3,(H,26,32)(H,27,33). The second kappa shape index (κ2) is 9.52. The number of aromatic nitrogens is 2. The van der Waals surface area contributed by atoms with E-state index in [1.165, 1.54) is 0 Å². The highest BCUT2D eigenvalue weighted by molar-refractivity contribution is 5.89. The molecule has 0 spiro atoms. The third-order valence-corrected chi connectivity index (χ3v) is 5.51. The Hall–Kier alpha value is -2.92. The number of nitrogens with one attached hydrogen (secondary N) is 2. The van der Waals surface area contributed by atoms with Gasteiger partial charge in [0.15, 0.2) is 11.6 Å². The van der Waals surface area contributed by atoms with Crippen molar-refractivity contribution in [2.24, 2.45) is 5.41 Å². The number of carbonyl (C=O) groups is 2. The van der Waals surface area contributed by atoms with E-state index in [0.717, 1.165) is 10.7 Å². The number of aliphatic hydroxyl groups excluding tert-OH is 1. The topological polar surface area (TPSA) is 99.5 Å². The first-order valence-corrected chi connectivity index (χ1v) is 10.6. The highest BCUT2D eigenvalue weighted by Gasteiger charge is 2.35. The summed E-state index contributed by atoms with van der Waals surface area (Å²) in [7, 11) is 1.84. The van der Waals surface area contributed by atoms with Gasteiger partial charge in [-0.2, -0.15) is 9.78 Å². The monoisotopic (exact) mass is 467 g/mol. The lowest BCUT2D eigenvalue weighted by Crippen LogP contribution is -2.55. The second-order valence-corrected chi connectivity index (χ2v) is 9.18. The number of likely N-dealkylation sites (N-methyl/N-ethyl adjacent to an activating group) is 1. The lowest BCUT2D eigenvalue weighted by molar-refractivity contribution is -0.125. The van der Waals surface area contributed by atoms with Crippen molar-refractivity contribution in [1.29, 1.82) is 0 Å². The van der Waals surface area contributed by atoms with Gasteiger partial charge in [0.2, 0.25) is 5.91 Å². The van der Waals surface area contributed by atoms with Gasteiger partial charge in [-0.3, -0.25) is 4.79 Å². The molecule has 3 rings (SSSR count). The van der Waals surface area contributed by atoms with Crippen molar-refractivity contribution in [2.45, 2.75) is 39.8 Å². The minimum atomic E-state index is -1.32. The van der Waals surface area contributed by atoms with Crippen molar-refractivity contribution >= 4 is 11.9 Å². The second-order valence-electron chi connectivity index (χ2n) is 9.18. The summed E-state index contributed by atoms with van der Waals surface area (Å²) in [5.74, 6) is -4.01. The fourth-order valence-corrected chi connectivity index (χ4v) is 3.78. The zero-order valence-corrected chi connectivity index (χ0v) is 19.0. The summed E-state index contributed by atoms with van der Waals surface area (Å²) < 4.78 is 43.0. The van der Waals surface area contributed by atoms with Crippen LogP contribution in [-0.2, 0) is 17.8 Å². The van der Waals surface area contributed by atoms with Crippen LogP contribution in [0.5, 0.6) is 0 Å². The third-order valence-electron chi connectivity index (χ3n) is 5.51. The normalized spacial score (nSPS) is 15.2. The van der Waals surface area contributed by atoms with Crippen LogP contribution < -0.4 is 10.6 Å². The third kappa shape index (κ3) is 5.19. The number of carbonyl (C=O) groups excluding carboxylic acids is 2. The summed E-state index contributed by atoms with van der Waals surface area (Å²) in [6.07, 6.45) is 0.411. The molecular formula is C22H28F3N5O3. The Bertz CT molecular complexity index is 1060. The molecule has 1 unspecified atom stereocenters. The maximum absolute atomic E-state index is 14.5. The Kier molecular flexibility index (Phi) is 7.13. The zero-order valence-electron chi connectivity index (χ0n) is 19.0. The number of rotatable bonds is 5. The highest BCUT2D eigenvalue weighted by atomic mass is 19.2.